The first-order valence-corrected chi connectivity index (χ1v) is 7.19. The highest BCUT2D eigenvalue weighted by Crippen LogP contribution is 2.43. The van der Waals surface area contributed by atoms with E-state index in [1.54, 1.807) is 29.8 Å². The fourth-order valence-electron chi connectivity index (χ4n) is 2.14. The third-order valence-electron chi connectivity index (χ3n) is 3.18. The molecule has 0 spiro atoms. The fraction of sp³-hybridized carbons (Fsp3) is 0.308. The number of halogens is 3. The summed E-state index contributed by atoms with van der Waals surface area (Å²) >= 11 is 0.970. The van der Waals surface area contributed by atoms with Crippen molar-refractivity contribution in [1.29, 1.82) is 0 Å². The molecule has 1 N–H and O–H groups in total. The Morgan fingerprint density at radius 3 is 2.73 bits per heavy atom. The van der Waals surface area contributed by atoms with E-state index in [1.807, 2.05) is 0 Å². The van der Waals surface area contributed by atoms with Crippen molar-refractivity contribution in [3.05, 3.63) is 29.8 Å². The van der Waals surface area contributed by atoms with Gasteiger partial charge >= 0.3 is 6.18 Å². The normalized spacial score (nSPS) is 22.0. The summed E-state index contributed by atoms with van der Waals surface area (Å²) in [6.07, 6.45) is -3.88. The molecule has 0 bridgehead atoms. The molecule has 0 fully saturated rings. The van der Waals surface area contributed by atoms with Gasteiger partial charge in [-0.15, -0.1) is 11.3 Å². The topological polar surface area (TPSA) is 61.6 Å². The number of nitrogens with zero attached hydrogens (tertiary/aromatic N) is 4. The van der Waals surface area contributed by atoms with Crippen LogP contribution in [-0.4, -0.2) is 32.7 Å². The van der Waals surface area contributed by atoms with Crippen molar-refractivity contribution in [2.24, 2.45) is 5.10 Å². The molecule has 1 aliphatic heterocycles. The van der Waals surface area contributed by atoms with Crippen molar-refractivity contribution >= 4 is 22.2 Å². The lowest BCUT2D eigenvalue weighted by molar-refractivity contribution is -0.254. The molecule has 116 valence electrons. The summed E-state index contributed by atoms with van der Waals surface area (Å²) in [4.78, 5) is 8.21. The van der Waals surface area contributed by atoms with Crippen molar-refractivity contribution in [2.45, 2.75) is 25.2 Å². The Morgan fingerprint density at radius 2 is 2.09 bits per heavy atom. The van der Waals surface area contributed by atoms with Gasteiger partial charge < -0.3 is 5.11 Å². The third-order valence-corrected chi connectivity index (χ3v) is 3.99. The SMILES string of the molecule is CC1=NN(c2nc(-c3ccccn3)cs2)C(O)(C(F)(F)F)C1. The minimum Gasteiger partial charge on any atom is -0.362 e. The summed E-state index contributed by atoms with van der Waals surface area (Å²) in [6, 6.07) is 5.19. The Labute approximate surface area is 127 Å². The summed E-state index contributed by atoms with van der Waals surface area (Å²) in [7, 11) is 0. The zero-order valence-electron chi connectivity index (χ0n) is 11.4. The van der Waals surface area contributed by atoms with Crippen molar-refractivity contribution in [1.82, 2.24) is 9.97 Å². The highest BCUT2D eigenvalue weighted by molar-refractivity contribution is 7.14. The van der Waals surface area contributed by atoms with Crippen molar-refractivity contribution < 1.29 is 18.3 Å². The maximum Gasteiger partial charge on any atom is 0.438 e. The van der Waals surface area contributed by atoms with Gasteiger partial charge in [0.05, 0.1) is 5.69 Å². The monoisotopic (exact) mass is 328 g/mol. The lowest BCUT2D eigenvalue weighted by Crippen LogP contribution is -2.55. The fourth-order valence-corrected chi connectivity index (χ4v) is 2.97. The number of anilines is 1. The van der Waals surface area contributed by atoms with Crippen LogP contribution in [0.15, 0.2) is 34.9 Å². The minimum atomic E-state index is -4.84. The molecule has 5 nitrogen and oxygen atoms in total. The van der Waals surface area contributed by atoms with Crippen LogP contribution in [0.1, 0.15) is 13.3 Å². The first-order chi connectivity index (χ1) is 10.3. The Bertz CT molecular complexity index is 716. The van der Waals surface area contributed by atoms with E-state index in [-0.39, 0.29) is 10.8 Å². The van der Waals surface area contributed by atoms with Crippen LogP contribution < -0.4 is 5.01 Å². The zero-order valence-corrected chi connectivity index (χ0v) is 12.2. The number of aromatic nitrogens is 2. The summed E-state index contributed by atoms with van der Waals surface area (Å²) in [6.45, 7) is 1.43. The van der Waals surface area contributed by atoms with E-state index in [0.717, 1.165) is 11.3 Å². The van der Waals surface area contributed by atoms with E-state index in [1.165, 1.54) is 6.92 Å². The van der Waals surface area contributed by atoms with Crippen molar-refractivity contribution in [2.75, 3.05) is 5.01 Å². The number of thiazole rings is 1. The number of hydrogen-bond acceptors (Lipinski definition) is 6. The Morgan fingerprint density at radius 1 is 1.32 bits per heavy atom. The largest absolute Gasteiger partial charge is 0.438 e. The second-order valence-electron chi connectivity index (χ2n) is 4.87. The average molecular weight is 328 g/mol. The van der Waals surface area contributed by atoms with E-state index in [4.69, 9.17) is 0 Å². The smallest absolute Gasteiger partial charge is 0.362 e. The second-order valence-corrected chi connectivity index (χ2v) is 5.71. The van der Waals surface area contributed by atoms with Gasteiger partial charge in [-0.05, 0) is 19.1 Å². The van der Waals surface area contributed by atoms with Crippen LogP contribution in [0, 0.1) is 0 Å². The van der Waals surface area contributed by atoms with Gasteiger partial charge in [0.15, 0.2) is 0 Å². The van der Waals surface area contributed by atoms with Gasteiger partial charge in [0.2, 0.25) is 5.13 Å². The zero-order chi connectivity index (χ0) is 16.0. The van der Waals surface area contributed by atoms with Gasteiger partial charge in [-0.3, -0.25) is 4.98 Å². The number of aliphatic hydroxyl groups is 1. The van der Waals surface area contributed by atoms with E-state index in [0.29, 0.717) is 16.4 Å². The molecule has 0 aliphatic carbocycles. The molecule has 1 unspecified atom stereocenters. The summed E-state index contributed by atoms with van der Waals surface area (Å²) in [5.41, 5.74) is -1.89. The Kier molecular flexibility index (Phi) is 3.41. The molecule has 2 aromatic heterocycles. The van der Waals surface area contributed by atoms with Gasteiger partial charge in [0, 0.05) is 23.7 Å². The molecule has 0 saturated heterocycles. The van der Waals surface area contributed by atoms with Crippen LogP contribution in [0.3, 0.4) is 0 Å². The molecule has 3 heterocycles. The third kappa shape index (κ3) is 2.35. The first kappa shape index (κ1) is 14.9. The minimum absolute atomic E-state index is 0.0303. The summed E-state index contributed by atoms with van der Waals surface area (Å²) < 4.78 is 39.5. The van der Waals surface area contributed by atoms with Crippen LogP contribution in [0.5, 0.6) is 0 Å². The number of rotatable bonds is 2. The van der Waals surface area contributed by atoms with Crippen molar-refractivity contribution in [3.63, 3.8) is 0 Å². The molecule has 0 radical (unpaired) electrons. The summed E-state index contributed by atoms with van der Waals surface area (Å²) in [5.74, 6) is 0. The first-order valence-electron chi connectivity index (χ1n) is 6.31. The van der Waals surface area contributed by atoms with E-state index >= 15 is 0 Å². The molecule has 0 amide bonds. The standard InChI is InChI=1S/C13H11F3N4OS/c1-8-6-12(21,13(14,15)16)20(19-8)11-18-10(7-22-11)9-4-2-3-5-17-9/h2-5,7,21H,6H2,1H3. The number of hydrogen-bond donors (Lipinski definition) is 1. The molecule has 3 rings (SSSR count). The van der Waals surface area contributed by atoms with Gasteiger partial charge in [0.1, 0.15) is 5.69 Å². The van der Waals surface area contributed by atoms with E-state index in [2.05, 4.69) is 15.1 Å². The number of hydrazone groups is 1. The number of pyridine rings is 1. The molecule has 1 atom stereocenters. The number of alkyl halides is 3. The molecule has 0 aromatic carbocycles. The predicted octanol–water partition coefficient (Wildman–Crippen LogP) is 3.04. The van der Waals surface area contributed by atoms with Crippen LogP contribution in [-0.2, 0) is 0 Å². The highest BCUT2D eigenvalue weighted by Gasteiger charge is 2.62. The highest BCUT2D eigenvalue weighted by atomic mass is 32.1. The van der Waals surface area contributed by atoms with Gasteiger partial charge in [0.25, 0.3) is 5.72 Å². The second kappa shape index (κ2) is 5.03. The van der Waals surface area contributed by atoms with E-state index < -0.39 is 18.3 Å². The quantitative estimate of drug-likeness (QED) is 0.920. The molecule has 9 heteroatoms. The molecule has 0 saturated carbocycles. The van der Waals surface area contributed by atoms with Gasteiger partial charge in [-0.1, -0.05) is 6.07 Å². The van der Waals surface area contributed by atoms with Crippen molar-refractivity contribution in [3.8, 4) is 11.4 Å². The maximum atomic E-state index is 13.2. The molecule has 1 aliphatic rings. The van der Waals surface area contributed by atoms with E-state index in [9.17, 15) is 18.3 Å². The van der Waals surface area contributed by atoms with Gasteiger partial charge in [-0.2, -0.15) is 23.3 Å². The molecule has 22 heavy (non-hydrogen) atoms. The lowest BCUT2D eigenvalue weighted by atomic mass is 10.1. The molecule has 2 aromatic rings. The Balaban J connectivity index is 1.99. The average Bonchev–Trinajstić information content (AvgIpc) is 3.04. The molecular formula is C13H11F3N4OS. The van der Waals surface area contributed by atoms with Crippen LogP contribution in [0.25, 0.3) is 11.4 Å². The predicted molar refractivity (Wildman–Crippen MR) is 76.6 cm³/mol. The van der Waals surface area contributed by atoms with Crippen LogP contribution in [0.4, 0.5) is 18.3 Å². The molecular weight excluding hydrogens is 317 g/mol. The van der Waals surface area contributed by atoms with Gasteiger partial charge in [-0.25, -0.2) is 4.98 Å². The van der Waals surface area contributed by atoms with Crippen LogP contribution >= 0.6 is 11.3 Å². The Hall–Kier alpha value is -2.00. The maximum absolute atomic E-state index is 13.2. The van der Waals surface area contributed by atoms with Crippen LogP contribution in [0.2, 0.25) is 0 Å². The lowest BCUT2D eigenvalue weighted by Gasteiger charge is -2.32. The summed E-state index contributed by atoms with van der Waals surface area (Å²) in [5, 5.41) is 15.9.